The van der Waals surface area contributed by atoms with E-state index in [1.54, 1.807) is 6.07 Å². The zero-order valence-corrected chi connectivity index (χ0v) is 14.3. The highest BCUT2D eigenvalue weighted by atomic mass is 79.9. The predicted octanol–water partition coefficient (Wildman–Crippen LogP) is 5.29. The van der Waals surface area contributed by atoms with E-state index < -0.39 is 0 Å². The molecule has 1 N–H and O–H groups in total. The first kappa shape index (κ1) is 16.2. The van der Waals surface area contributed by atoms with Crippen LogP contribution in [0.15, 0.2) is 40.9 Å². The fraction of sp³-hybridized carbons (Fsp3) is 0.333. The molecule has 0 spiro atoms. The van der Waals surface area contributed by atoms with Crippen LogP contribution in [0.5, 0.6) is 0 Å². The number of rotatable bonds is 5. The third kappa shape index (κ3) is 4.14. The zero-order chi connectivity index (χ0) is 15.4. The Bertz CT molecular complexity index is 604. The van der Waals surface area contributed by atoms with E-state index in [1.807, 2.05) is 6.07 Å². The largest absolute Gasteiger partial charge is 0.306 e. The van der Waals surface area contributed by atoms with E-state index >= 15 is 0 Å². The first-order valence-corrected chi connectivity index (χ1v) is 8.07. The molecule has 0 aliphatic heterocycles. The molecule has 2 rings (SSSR count). The molecule has 0 fully saturated rings. The highest BCUT2D eigenvalue weighted by Crippen LogP contribution is 2.27. The van der Waals surface area contributed by atoms with Gasteiger partial charge < -0.3 is 5.32 Å². The van der Waals surface area contributed by atoms with Crippen LogP contribution in [0.25, 0.3) is 0 Å². The molecule has 112 valence electrons. The Morgan fingerprint density at radius 3 is 2.43 bits per heavy atom. The van der Waals surface area contributed by atoms with Gasteiger partial charge in [0, 0.05) is 4.47 Å². The average Bonchev–Trinajstić information content (AvgIpc) is 2.42. The second kappa shape index (κ2) is 7.19. The molecule has 0 radical (unpaired) electrons. The number of hydrogen-bond donors (Lipinski definition) is 1. The summed E-state index contributed by atoms with van der Waals surface area (Å²) in [5.74, 6) is -0.216. The lowest BCUT2D eigenvalue weighted by Gasteiger charge is -2.21. The Morgan fingerprint density at radius 1 is 1.05 bits per heavy atom. The molecule has 0 aromatic heterocycles. The van der Waals surface area contributed by atoms with Gasteiger partial charge in [-0.2, -0.15) is 0 Å². The van der Waals surface area contributed by atoms with Gasteiger partial charge in [-0.15, -0.1) is 0 Å². The molecule has 0 aliphatic rings. The molecular formula is C18H21BrFN. The average molecular weight is 350 g/mol. The van der Waals surface area contributed by atoms with Gasteiger partial charge in [-0.25, -0.2) is 4.39 Å². The molecule has 2 aromatic rings. The van der Waals surface area contributed by atoms with Crippen LogP contribution < -0.4 is 5.32 Å². The van der Waals surface area contributed by atoms with Crippen molar-refractivity contribution < 1.29 is 4.39 Å². The van der Waals surface area contributed by atoms with Gasteiger partial charge in [-0.1, -0.05) is 41.1 Å². The van der Waals surface area contributed by atoms with Crippen molar-refractivity contribution in [1.82, 2.24) is 5.32 Å². The molecule has 0 saturated heterocycles. The van der Waals surface area contributed by atoms with Crippen molar-refractivity contribution in [3.05, 3.63) is 68.9 Å². The fourth-order valence-corrected chi connectivity index (χ4v) is 2.89. The monoisotopic (exact) mass is 349 g/mol. The van der Waals surface area contributed by atoms with Crippen molar-refractivity contribution in [2.24, 2.45) is 0 Å². The van der Waals surface area contributed by atoms with E-state index in [9.17, 15) is 4.39 Å². The lowest BCUT2D eigenvalue weighted by Crippen LogP contribution is -2.23. The Morgan fingerprint density at radius 2 is 1.81 bits per heavy atom. The van der Waals surface area contributed by atoms with Crippen LogP contribution in [-0.4, -0.2) is 6.54 Å². The molecule has 0 bridgehead atoms. The van der Waals surface area contributed by atoms with E-state index in [0.717, 1.165) is 23.0 Å². The van der Waals surface area contributed by atoms with Gasteiger partial charge in [0.2, 0.25) is 0 Å². The summed E-state index contributed by atoms with van der Waals surface area (Å²) >= 11 is 3.38. The minimum atomic E-state index is -0.216. The maximum absolute atomic E-state index is 13.7. The summed E-state index contributed by atoms with van der Waals surface area (Å²) < 4.78 is 14.5. The number of benzene rings is 2. The SMILES string of the molecule is CCCNC(c1cc(F)cc(Br)c1)c1ccc(C)c(C)c1. The van der Waals surface area contributed by atoms with E-state index in [2.05, 4.69) is 60.2 Å². The predicted molar refractivity (Wildman–Crippen MR) is 90.2 cm³/mol. The smallest absolute Gasteiger partial charge is 0.124 e. The lowest BCUT2D eigenvalue weighted by atomic mass is 9.95. The van der Waals surface area contributed by atoms with Gasteiger partial charge in [0.1, 0.15) is 5.82 Å². The summed E-state index contributed by atoms with van der Waals surface area (Å²) in [5.41, 5.74) is 4.64. The second-order valence-electron chi connectivity index (χ2n) is 5.43. The van der Waals surface area contributed by atoms with Crippen LogP contribution in [0.1, 0.15) is 41.6 Å². The molecule has 1 atom stereocenters. The minimum Gasteiger partial charge on any atom is -0.306 e. The van der Waals surface area contributed by atoms with E-state index in [1.165, 1.54) is 22.8 Å². The number of aryl methyl sites for hydroxylation is 2. The summed E-state index contributed by atoms with van der Waals surface area (Å²) in [6.07, 6.45) is 1.04. The maximum atomic E-state index is 13.7. The van der Waals surface area contributed by atoms with Gasteiger partial charge in [0.05, 0.1) is 6.04 Å². The summed E-state index contributed by atoms with van der Waals surface area (Å²) in [7, 11) is 0. The Labute approximate surface area is 134 Å². The van der Waals surface area contributed by atoms with Crippen molar-refractivity contribution in [3.63, 3.8) is 0 Å². The molecule has 0 heterocycles. The number of nitrogens with one attached hydrogen (secondary N) is 1. The van der Waals surface area contributed by atoms with Gasteiger partial charge in [0.15, 0.2) is 0 Å². The molecule has 1 unspecified atom stereocenters. The quantitative estimate of drug-likeness (QED) is 0.772. The van der Waals surface area contributed by atoms with Gasteiger partial charge in [-0.05, 0) is 67.3 Å². The molecule has 0 aliphatic carbocycles. The Hall–Kier alpha value is -1.19. The van der Waals surface area contributed by atoms with Crippen molar-refractivity contribution in [2.75, 3.05) is 6.54 Å². The molecule has 0 amide bonds. The van der Waals surface area contributed by atoms with E-state index in [0.29, 0.717) is 0 Å². The van der Waals surface area contributed by atoms with Gasteiger partial charge in [0.25, 0.3) is 0 Å². The molecule has 3 heteroatoms. The molecule has 2 aromatic carbocycles. The minimum absolute atomic E-state index is 0.0104. The summed E-state index contributed by atoms with van der Waals surface area (Å²) in [6, 6.07) is 11.5. The van der Waals surface area contributed by atoms with Crippen LogP contribution in [-0.2, 0) is 0 Å². The lowest BCUT2D eigenvalue weighted by molar-refractivity contribution is 0.584. The van der Waals surface area contributed by atoms with Crippen molar-refractivity contribution >= 4 is 15.9 Å². The summed E-state index contributed by atoms with van der Waals surface area (Å²) in [5, 5.41) is 3.52. The highest BCUT2D eigenvalue weighted by Gasteiger charge is 2.15. The first-order chi connectivity index (χ1) is 10.0. The zero-order valence-electron chi connectivity index (χ0n) is 12.7. The Balaban J connectivity index is 2.43. The summed E-state index contributed by atoms with van der Waals surface area (Å²) in [6.45, 7) is 7.24. The maximum Gasteiger partial charge on any atom is 0.124 e. The molecule has 21 heavy (non-hydrogen) atoms. The fourth-order valence-electron chi connectivity index (χ4n) is 2.40. The topological polar surface area (TPSA) is 12.0 Å². The summed E-state index contributed by atoms with van der Waals surface area (Å²) in [4.78, 5) is 0. The number of hydrogen-bond acceptors (Lipinski definition) is 1. The third-order valence-corrected chi connectivity index (χ3v) is 4.14. The van der Waals surface area contributed by atoms with E-state index in [4.69, 9.17) is 0 Å². The normalized spacial score (nSPS) is 12.4. The second-order valence-corrected chi connectivity index (χ2v) is 6.35. The third-order valence-electron chi connectivity index (χ3n) is 3.68. The van der Waals surface area contributed by atoms with Crippen LogP contribution in [0.4, 0.5) is 4.39 Å². The van der Waals surface area contributed by atoms with Crippen LogP contribution in [0.3, 0.4) is 0 Å². The van der Waals surface area contributed by atoms with E-state index in [-0.39, 0.29) is 11.9 Å². The van der Waals surface area contributed by atoms with Crippen molar-refractivity contribution in [2.45, 2.75) is 33.2 Å². The first-order valence-electron chi connectivity index (χ1n) is 7.27. The molecule has 0 saturated carbocycles. The van der Waals surface area contributed by atoms with Crippen LogP contribution in [0, 0.1) is 19.7 Å². The standard InChI is InChI=1S/C18H21BrFN/c1-4-7-21-18(14-6-5-12(2)13(3)8-14)15-9-16(19)11-17(20)10-15/h5-6,8-11,18,21H,4,7H2,1-3H3. The van der Waals surface area contributed by atoms with Gasteiger partial charge in [-0.3, -0.25) is 0 Å². The highest BCUT2D eigenvalue weighted by molar-refractivity contribution is 9.10. The molecule has 1 nitrogen and oxygen atoms in total. The van der Waals surface area contributed by atoms with Crippen molar-refractivity contribution in [3.8, 4) is 0 Å². The Kier molecular flexibility index (Phi) is 5.54. The number of halogens is 2. The van der Waals surface area contributed by atoms with Crippen LogP contribution in [0.2, 0.25) is 0 Å². The molecular weight excluding hydrogens is 329 g/mol. The van der Waals surface area contributed by atoms with Gasteiger partial charge >= 0.3 is 0 Å². The van der Waals surface area contributed by atoms with Crippen LogP contribution >= 0.6 is 15.9 Å². The van der Waals surface area contributed by atoms with Crippen molar-refractivity contribution in [1.29, 1.82) is 0 Å².